The number of fused-ring (bicyclic) bond motifs is 2. The van der Waals surface area contributed by atoms with Gasteiger partial charge >= 0.3 is 0 Å². The van der Waals surface area contributed by atoms with Gasteiger partial charge in [-0.05, 0) is 37.4 Å². The quantitative estimate of drug-likeness (QED) is 0.554. The minimum atomic E-state index is -0.940. The van der Waals surface area contributed by atoms with Gasteiger partial charge in [-0.1, -0.05) is 18.6 Å². The van der Waals surface area contributed by atoms with Gasteiger partial charge in [-0.25, -0.2) is 0 Å². The fraction of sp³-hybridized carbons (Fsp3) is 0.565. The number of nitrogens with zero attached hydrogens (tertiary/aromatic N) is 2. The van der Waals surface area contributed by atoms with E-state index >= 15 is 0 Å². The molecule has 170 valence electrons. The summed E-state index contributed by atoms with van der Waals surface area (Å²) in [6.07, 6.45) is 4.13. The van der Waals surface area contributed by atoms with Crippen molar-refractivity contribution in [1.29, 1.82) is 0 Å². The standard InChI is InChI=1S/C23H29N5O4/c29-19-8-7-18(21(30)26-19)28-22(31)17-6-3-4-14(20(17)23(28)32)10-24-11-15-13-27-9-2-1-5-16(27)12-25-15/h3-4,6,15-16,18,24-25H,1-2,5,7-13H2,(H,26,29,30). The van der Waals surface area contributed by atoms with Crippen LogP contribution in [0.2, 0.25) is 0 Å². The van der Waals surface area contributed by atoms with Gasteiger partial charge in [0.1, 0.15) is 6.04 Å². The van der Waals surface area contributed by atoms with Crippen molar-refractivity contribution in [3.8, 4) is 0 Å². The topological polar surface area (TPSA) is 111 Å². The minimum Gasteiger partial charge on any atom is -0.311 e. The molecule has 0 saturated carbocycles. The Hall–Kier alpha value is -2.62. The average molecular weight is 440 g/mol. The summed E-state index contributed by atoms with van der Waals surface area (Å²) in [6.45, 7) is 4.44. The monoisotopic (exact) mass is 439 g/mol. The van der Waals surface area contributed by atoms with E-state index in [9.17, 15) is 19.2 Å². The van der Waals surface area contributed by atoms with Gasteiger partial charge < -0.3 is 10.6 Å². The van der Waals surface area contributed by atoms with Crippen molar-refractivity contribution in [1.82, 2.24) is 25.8 Å². The number of piperazine rings is 1. The molecule has 0 radical (unpaired) electrons. The molecule has 0 aliphatic carbocycles. The second-order valence-electron chi connectivity index (χ2n) is 9.17. The first-order valence-corrected chi connectivity index (χ1v) is 11.5. The smallest absolute Gasteiger partial charge is 0.262 e. The van der Waals surface area contributed by atoms with Crippen molar-refractivity contribution in [2.75, 3.05) is 26.2 Å². The summed E-state index contributed by atoms with van der Waals surface area (Å²) in [7, 11) is 0. The van der Waals surface area contributed by atoms with Crippen LogP contribution in [0.5, 0.6) is 0 Å². The number of carbonyl (C=O) groups excluding carboxylic acids is 4. The number of hydrogen-bond donors (Lipinski definition) is 3. The second-order valence-corrected chi connectivity index (χ2v) is 9.17. The predicted octanol–water partition coefficient (Wildman–Crippen LogP) is 0.00370. The number of benzene rings is 1. The third-order valence-corrected chi connectivity index (χ3v) is 7.11. The maximum atomic E-state index is 13.2. The maximum absolute atomic E-state index is 13.2. The van der Waals surface area contributed by atoms with Crippen molar-refractivity contribution >= 4 is 23.6 Å². The molecule has 1 aromatic rings. The van der Waals surface area contributed by atoms with E-state index in [0.717, 1.165) is 30.1 Å². The Balaban J connectivity index is 1.24. The highest BCUT2D eigenvalue weighted by Crippen LogP contribution is 2.30. The average Bonchev–Trinajstić information content (AvgIpc) is 3.05. The number of carbonyl (C=O) groups is 4. The third-order valence-electron chi connectivity index (χ3n) is 7.11. The number of hydrogen-bond acceptors (Lipinski definition) is 7. The first kappa shape index (κ1) is 21.2. The first-order valence-electron chi connectivity index (χ1n) is 11.5. The number of nitrogens with one attached hydrogen (secondary N) is 3. The van der Waals surface area contributed by atoms with E-state index in [-0.39, 0.29) is 18.7 Å². The molecule has 4 heterocycles. The SMILES string of the molecule is O=C1CCC(N2C(=O)c3cccc(CNCC4CN5CCCCC5CN4)c3C2=O)C(=O)N1. The van der Waals surface area contributed by atoms with Crippen LogP contribution < -0.4 is 16.0 Å². The van der Waals surface area contributed by atoms with Gasteiger partial charge in [-0.2, -0.15) is 0 Å². The van der Waals surface area contributed by atoms with Gasteiger partial charge in [0.15, 0.2) is 0 Å². The van der Waals surface area contributed by atoms with E-state index in [1.165, 1.54) is 25.8 Å². The van der Waals surface area contributed by atoms with Gasteiger partial charge in [-0.15, -0.1) is 0 Å². The Morgan fingerprint density at radius 1 is 1.06 bits per heavy atom. The minimum absolute atomic E-state index is 0.116. The molecule has 4 aliphatic heterocycles. The highest BCUT2D eigenvalue weighted by atomic mass is 16.2. The van der Waals surface area contributed by atoms with Crippen molar-refractivity contribution in [3.63, 3.8) is 0 Å². The Morgan fingerprint density at radius 3 is 2.78 bits per heavy atom. The predicted molar refractivity (Wildman–Crippen MR) is 116 cm³/mol. The zero-order valence-corrected chi connectivity index (χ0v) is 18.1. The molecule has 3 atom stereocenters. The molecule has 9 nitrogen and oxygen atoms in total. The molecule has 9 heteroatoms. The van der Waals surface area contributed by atoms with Crippen LogP contribution in [0.4, 0.5) is 0 Å². The molecule has 3 unspecified atom stereocenters. The molecule has 4 aliphatic rings. The molecule has 3 fully saturated rings. The third kappa shape index (κ3) is 3.85. The van der Waals surface area contributed by atoms with Crippen LogP contribution in [0.25, 0.3) is 0 Å². The lowest BCUT2D eigenvalue weighted by Crippen LogP contribution is -2.60. The van der Waals surface area contributed by atoms with Gasteiger partial charge in [0.05, 0.1) is 11.1 Å². The number of amides is 4. The summed E-state index contributed by atoms with van der Waals surface area (Å²) in [4.78, 5) is 53.4. The molecular formula is C23H29N5O4. The van der Waals surface area contributed by atoms with Crippen LogP contribution >= 0.6 is 0 Å². The van der Waals surface area contributed by atoms with Crippen molar-refractivity contribution in [3.05, 3.63) is 34.9 Å². The van der Waals surface area contributed by atoms with E-state index < -0.39 is 23.8 Å². The molecule has 3 saturated heterocycles. The van der Waals surface area contributed by atoms with E-state index in [4.69, 9.17) is 0 Å². The highest BCUT2D eigenvalue weighted by Gasteiger charge is 2.45. The van der Waals surface area contributed by atoms with E-state index in [2.05, 4.69) is 20.9 Å². The molecule has 5 rings (SSSR count). The summed E-state index contributed by atoms with van der Waals surface area (Å²) >= 11 is 0. The summed E-state index contributed by atoms with van der Waals surface area (Å²) in [5, 5.41) is 9.30. The van der Waals surface area contributed by atoms with E-state index in [0.29, 0.717) is 29.8 Å². The van der Waals surface area contributed by atoms with Crippen LogP contribution in [0, 0.1) is 0 Å². The van der Waals surface area contributed by atoms with Crippen molar-refractivity contribution in [2.24, 2.45) is 0 Å². The van der Waals surface area contributed by atoms with Crippen LogP contribution in [0.3, 0.4) is 0 Å². The zero-order valence-electron chi connectivity index (χ0n) is 18.1. The molecular weight excluding hydrogens is 410 g/mol. The molecule has 3 N–H and O–H groups in total. The second kappa shape index (κ2) is 8.73. The Morgan fingerprint density at radius 2 is 1.94 bits per heavy atom. The molecule has 0 bridgehead atoms. The Kier molecular flexibility index (Phi) is 5.79. The summed E-state index contributed by atoms with van der Waals surface area (Å²) < 4.78 is 0. The first-order chi connectivity index (χ1) is 15.5. The molecule has 0 spiro atoms. The van der Waals surface area contributed by atoms with Gasteiger partial charge in [0, 0.05) is 44.7 Å². The van der Waals surface area contributed by atoms with E-state index in [1.54, 1.807) is 12.1 Å². The van der Waals surface area contributed by atoms with Gasteiger partial charge in [0.25, 0.3) is 11.8 Å². The van der Waals surface area contributed by atoms with Crippen LogP contribution in [-0.2, 0) is 16.1 Å². The lowest BCUT2D eigenvalue weighted by Gasteiger charge is -2.43. The normalized spacial score (nSPS) is 28.5. The van der Waals surface area contributed by atoms with E-state index in [1.807, 2.05) is 6.07 Å². The van der Waals surface area contributed by atoms with Crippen molar-refractivity contribution in [2.45, 2.75) is 56.8 Å². The summed E-state index contributed by atoms with van der Waals surface area (Å²) in [6, 6.07) is 5.30. The molecule has 4 amide bonds. The lowest BCUT2D eigenvalue weighted by atomic mass is 9.98. The largest absolute Gasteiger partial charge is 0.311 e. The maximum Gasteiger partial charge on any atom is 0.262 e. The lowest BCUT2D eigenvalue weighted by molar-refractivity contribution is -0.136. The molecule has 32 heavy (non-hydrogen) atoms. The molecule has 1 aromatic carbocycles. The Labute approximate surface area is 186 Å². The number of piperidine rings is 2. The number of rotatable bonds is 5. The van der Waals surface area contributed by atoms with Crippen LogP contribution in [0.1, 0.15) is 58.4 Å². The Bertz CT molecular complexity index is 964. The zero-order chi connectivity index (χ0) is 22.2. The number of imide groups is 2. The fourth-order valence-corrected chi connectivity index (χ4v) is 5.43. The van der Waals surface area contributed by atoms with Crippen LogP contribution in [0.15, 0.2) is 18.2 Å². The molecule has 0 aromatic heterocycles. The highest BCUT2D eigenvalue weighted by molar-refractivity contribution is 6.24. The van der Waals surface area contributed by atoms with Crippen LogP contribution in [-0.4, -0.2) is 77.7 Å². The van der Waals surface area contributed by atoms with Gasteiger partial charge in [-0.3, -0.25) is 34.3 Å². The summed E-state index contributed by atoms with van der Waals surface area (Å²) in [5.74, 6) is -1.88. The fourth-order valence-electron chi connectivity index (χ4n) is 5.43. The van der Waals surface area contributed by atoms with Crippen molar-refractivity contribution < 1.29 is 19.2 Å². The summed E-state index contributed by atoms with van der Waals surface area (Å²) in [5.41, 5.74) is 1.44. The van der Waals surface area contributed by atoms with Gasteiger partial charge in [0.2, 0.25) is 11.8 Å².